The molecular formula is C21H26FN5O3S. The SMILES string of the molecule is CCOC(=O)N1CCN(C(=O)C2CCCN2c2nc(Cc3ccc(F)cc3)ns2)CC1. The molecule has 0 N–H and O–H groups in total. The van der Waals surface area contributed by atoms with Crippen LogP contribution in [0.3, 0.4) is 0 Å². The van der Waals surface area contributed by atoms with Crippen LogP contribution in [0.1, 0.15) is 31.2 Å². The molecule has 2 fully saturated rings. The van der Waals surface area contributed by atoms with E-state index in [-0.39, 0.29) is 23.9 Å². The number of carbonyl (C=O) groups is 2. The topological polar surface area (TPSA) is 78.9 Å². The van der Waals surface area contributed by atoms with Crippen LogP contribution in [0.15, 0.2) is 24.3 Å². The van der Waals surface area contributed by atoms with E-state index in [1.807, 2.05) is 9.80 Å². The largest absolute Gasteiger partial charge is 0.450 e. The van der Waals surface area contributed by atoms with Crippen molar-refractivity contribution in [2.45, 2.75) is 32.2 Å². The maximum absolute atomic E-state index is 13.2. The highest BCUT2D eigenvalue weighted by atomic mass is 32.1. The van der Waals surface area contributed by atoms with Crippen molar-refractivity contribution < 1.29 is 18.7 Å². The van der Waals surface area contributed by atoms with Gasteiger partial charge in [-0.15, -0.1) is 0 Å². The molecule has 166 valence electrons. The summed E-state index contributed by atoms with van der Waals surface area (Å²) in [4.78, 5) is 35.2. The van der Waals surface area contributed by atoms with E-state index in [0.717, 1.165) is 30.1 Å². The van der Waals surface area contributed by atoms with Crippen LogP contribution in [0.25, 0.3) is 0 Å². The predicted octanol–water partition coefficient (Wildman–Crippen LogP) is 2.54. The molecule has 2 saturated heterocycles. The Morgan fingerprint density at radius 3 is 2.55 bits per heavy atom. The lowest BCUT2D eigenvalue weighted by molar-refractivity contribution is -0.134. The fraction of sp³-hybridized carbons (Fsp3) is 0.524. The summed E-state index contributed by atoms with van der Waals surface area (Å²) in [7, 11) is 0. The van der Waals surface area contributed by atoms with Gasteiger partial charge in [0.25, 0.3) is 0 Å². The van der Waals surface area contributed by atoms with Gasteiger partial charge in [0.05, 0.1) is 6.61 Å². The third-order valence-electron chi connectivity index (χ3n) is 5.63. The summed E-state index contributed by atoms with van der Waals surface area (Å²) in [5.74, 6) is 0.487. The lowest BCUT2D eigenvalue weighted by Gasteiger charge is -2.36. The summed E-state index contributed by atoms with van der Waals surface area (Å²) in [5.41, 5.74) is 0.944. The number of anilines is 1. The molecule has 1 atom stereocenters. The van der Waals surface area contributed by atoms with Crippen molar-refractivity contribution in [3.63, 3.8) is 0 Å². The molecule has 0 bridgehead atoms. The molecule has 2 aliphatic rings. The summed E-state index contributed by atoms with van der Waals surface area (Å²) in [6.45, 7) is 4.88. The standard InChI is InChI=1S/C21H26FN5O3S/c1-2-30-21(29)26-12-10-25(11-13-26)19(28)17-4-3-9-27(17)20-23-18(24-31-20)14-15-5-7-16(22)8-6-15/h5-8,17H,2-4,9-14H2,1H3. The number of hydrogen-bond acceptors (Lipinski definition) is 7. The quantitative estimate of drug-likeness (QED) is 0.701. The third-order valence-corrected chi connectivity index (χ3v) is 6.42. The zero-order chi connectivity index (χ0) is 21.8. The van der Waals surface area contributed by atoms with Crippen LogP contribution in [0, 0.1) is 5.82 Å². The van der Waals surface area contributed by atoms with Gasteiger partial charge in [0.1, 0.15) is 17.7 Å². The van der Waals surface area contributed by atoms with Gasteiger partial charge in [0.2, 0.25) is 11.0 Å². The lowest BCUT2D eigenvalue weighted by Crippen LogP contribution is -2.54. The van der Waals surface area contributed by atoms with E-state index >= 15 is 0 Å². The van der Waals surface area contributed by atoms with Crippen LogP contribution in [-0.4, -0.2) is 76.5 Å². The Labute approximate surface area is 184 Å². The Morgan fingerprint density at radius 2 is 1.84 bits per heavy atom. The molecule has 31 heavy (non-hydrogen) atoms. The summed E-state index contributed by atoms with van der Waals surface area (Å²) < 4.78 is 22.6. The smallest absolute Gasteiger partial charge is 0.409 e. The predicted molar refractivity (Wildman–Crippen MR) is 115 cm³/mol. The second-order valence-corrected chi connectivity index (χ2v) is 8.39. The minimum absolute atomic E-state index is 0.0799. The monoisotopic (exact) mass is 447 g/mol. The van der Waals surface area contributed by atoms with Gasteiger partial charge in [0.15, 0.2) is 0 Å². The summed E-state index contributed by atoms with van der Waals surface area (Å²) >= 11 is 1.30. The molecule has 1 aromatic heterocycles. The Balaban J connectivity index is 1.37. The number of halogens is 1. The number of nitrogens with zero attached hydrogens (tertiary/aromatic N) is 5. The highest BCUT2D eigenvalue weighted by molar-refractivity contribution is 7.09. The average molecular weight is 448 g/mol. The molecule has 8 nitrogen and oxygen atoms in total. The first-order valence-corrected chi connectivity index (χ1v) is 11.4. The summed E-state index contributed by atoms with van der Waals surface area (Å²) in [5, 5.41) is 0.748. The van der Waals surface area contributed by atoms with Crippen molar-refractivity contribution in [2.24, 2.45) is 0 Å². The molecule has 0 aliphatic carbocycles. The number of piperazine rings is 1. The van der Waals surface area contributed by atoms with Crippen LogP contribution in [0.5, 0.6) is 0 Å². The fourth-order valence-electron chi connectivity index (χ4n) is 4.01. The number of amides is 2. The highest BCUT2D eigenvalue weighted by Crippen LogP contribution is 2.29. The molecule has 2 aromatic rings. The van der Waals surface area contributed by atoms with E-state index in [0.29, 0.717) is 45.0 Å². The minimum atomic E-state index is -0.320. The molecular weight excluding hydrogens is 421 g/mol. The van der Waals surface area contributed by atoms with E-state index in [2.05, 4.69) is 9.36 Å². The van der Waals surface area contributed by atoms with Crippen LogP contribution < -0.4 is 4.90 Å². The van der Waals surface area contributed by atoms with Gasteiger partial charge < -0.3 is 19.4 Å². The maximum Gasteiger partial charge on any atom is 0.409 e. The Bertz CT molecular complexity index is 914. The Hall–Kier alpha value is -2.75. The third kappa shape index (κ3) is 4.95. The van der Waals surface area contributed by atoms with E-state index in [9.17, 15) is 14.0 Å². The van der Waals surface area contributed by atoms with Crippen molar-refractivity contribution in [1.29, 1.82) is 0 Å². The number of ether oxygens (including phenoxy) is 1. The molecule has 2 amide bonds. The van der Waals surface area contributed by atoms with Crippen molar-refractivity contribution in [1.82, 2.24) is 19.2 Å². The number of carbonyl (C=O) groups excluding carboxylic acids is 2. The molecule has 1 aromatic carbocycles. The second kappa shape index (κ2) is 9.59. The lowest BCUT2D eigenvalue weighted by atomic mass is 10.1. The van der Waals surface area contributed by atoms with E-state index in [1.165, 1.54) is 23.7 Å². The highest BCUT2D eigenvalue weighted by Gasteiger charge is 2.37. The number of rotatable bonds is 5. The maximum atomic E-state index is 13.2. The van der Waals surface area contributed by atoms with Crippen molar-refractivity contribution in [3.05, 3.63) is 41.5 Å². The zero-order valence-electron chi connectivity index (χ0n) is 17.5. The Kier molecular flexibility index (Phi) is 6.64. The molecule has 4 rings (SSSR count). The normalized spacial score (nSPS) is 19.0. The van der Waals surface area contributed by atoms with Crippen LogP contribution in [0.4, 0.5) is 14.3 Å². The fourth-order valence-corrected chi connectivity index (χ4v) is 4.77. The van der Waals surface area contributed by atoms with Gasteiger partial charge in [-0.05, 0) is 37.5 Å². The van der Waals surface area contributed by atoms with Crippen molar-refractivity contribution in [2.75, 3.05) is 44.2 Å². The van der Waals surface area contributed by atoms with Crippen LogP contribution in [-0.2, 0) is 16.0 Å². The average Bonchev–Trinajstić information content (AvgIpc) is 3.44. The molecule has 10 heteroatoms. The van der Waals surface area contributed by atoms with Gasteiger partial charge in [-0.2, -0.15) is 4.37 Å². The molecule has 0 saturated carbocycles. The summed E-state index contributed by atoms with van der Waals surface area (Å²) in [6, 6.07) is 6.07. The van der Waals surface area contributed by atoms with Gasteiger partial charge in [-0.1, -0.05) is 12.1 Å². The van der Waals surface area contributed by atoms with Gasteiger partial charge >= 0.3 is 6.09 Å². The Morgan fingerprint density at radius 1 is 1.13 bits per heavy atom. The first kappa shape index (κ1) is 21.5. The van der Waals surface area contributed by atoms with Gasteiger partial charge in [0, 0.05) is 50.7 Å². The number of hydrogen-bond donors (Lipinski definition) is 0. The molecule has 1 unspecified atom stereocenters. The second-order valence-electron chi connectivity index (χ2n) is 7.66. The van der Waals surface area contributed by atoms with E-state index in [4.69, 9.17) is 4.74 Å². The molecule has 0 spiro atoms. The van der Waals surface area contributed by atoms with Crippen molar-refractivity contribution >= 4 is 28.7 Å². The van der Waals surface area contributed by atoms with Crippen LogP contribution in [0.2, 0.25) is 0 Å². The van der Waals surface area contributed by atoms with Crippen LogP contribution >= 0.6 is 11.5 Å². The van der Waals surface area contributed by atoms with Gasteiger partial charge in [-0.25, -0.2) is 14.2 Å². The molecule has 0 radical (unpaired) electrons. The number of benzene rings is 1. The van der Waals surface area contributed by atoms with Gasteiger partial charge in [-0.3, -0.25) is 4.79 Å². The first-order valence-electron chi connectivity index (χ1n) is 10.6. The zero-order valence-corrected chi connectivity index (χ0v) is 18.3. The van der Waals surface area contributed by atoms with Crippen molar-refractivity contribution in [3.8, 4) is 0 Å². The first-order chi connectivity index (χ1) is 15.0. The summed E-state index contributed by atoms with van der Waals surface area (Å²) in [6.07, 6.45) is 1.91. The van der Waals surface area contributed by atoms with E-state index < -0.39 is 0 Å². The van der Waals surface area contributed by atoms with E-state index in [1.54, 1.807) is 24.0 Å². The molecule has 2 aliphatic heterocycles. The number of aromatic nitrogens is 2. The molecule has 3 heterocycles. The minimum Gasteiger partial charge on any atom is -0.450 e.